The molecule has 2 aromatic carbocycles. The molecule has 0 fully saturated rings. The van der Waals surface area contributed by atoms with Gasteiger partial charge in [0.2, 0.25) is 0 Å². The highest BCUT2D eigenvalue weighted by atomic mass is 16.6. The van der Waals surface area contributed by atoms with E-state index in [1.54, 1.807) is 33.0 Å². The number of alkyl carbamates (subject to hydrolysis) is 1. The molecular weight excluding hydrogens is 490 g/mol. The van der Waals surface area contributed by atoms with Crippen LogP contribution in [0.1, 0.15) is 74.4 Å². The van der Waals surface area contributed by atoms with Gasteiger partial charge in [0.05, 0.1) is 18.3 Å². The molecule has 1 aromatic heterocycles. The van der Waals surface area contributed by atoms with E-state index in [0.717, 1.165) is 11.1 Å². The van der Waals surface area contributed by atoms with Gasteiger partial charge < -0.3 is 20.1 Å². The van der Waals surface area contributed by atoms with E-state index in [1.165, 1.54) is 0 Å². The number of aromatic nitrogens is 2. The van der Waals surface area contributed by atoms with Gasteiger partial charge in [0.1, 0.15) is 17.1 Å². The fraction of sp³-hybridized carbons (Fsp3) is 0.406. The highest BCUT2D eigenvalue weighted by Gasteiger charge is 2.31. The van der Waals surface area contributed by atoms with Crippen LogP contribution in [0.15, 0.2) is 79.5 Å². The number of ether oxygens (including phenoxy) is 1. The minimum absolute atomic E-state index is 0.108. The SMILES string of the molecule is C=CC(C)(C)C(=O)c1cnc([C@H](Cc2ccccc2)C[C@H](O)C(Cc2ccccc2)NC(=O)OC(C)(C)C)[nH]1. The maximum atomic E-state index is 13.0. The number of aliphatic hydroxyl groups excluding tert-OH is 1. The second kappa shape index (κ2) is 12.9. The molecule has 0 aliphatic rings. The molecule has 0 radical (unpaired) electrons. The van der Waals surface area contributed by atoms with E-state index >= 15 is 0 Å². The third-order valence-corrected chi connectivity index (χ3v) is 6.64. The zero-order chi connectivity index (χ0) is 28.6. The summed E-state index contributed by atoms with van der Waals surface area (Å²) in [5, 5.41) is 14.4. The van der Waals surface area contributed by atoms with Crippen LogP contribution in [0.4, 0.5) is 4.79 Å². The molecule has 3 rings (SSSR count). The van der Waals surface area contributed by atoms with Crippen LogP contribution in [-0.4, -0.2) is 44.7 Å². The fourth-order valence-electron chi connectivity index (χ4n) is 4.36. The summed E-state index contributed by atoms with van der Waals surface area (Å²) >= 11 is 0. The number of ketones is 1. The first kappa shape index (κ1) is 29.8. The summed E-state index contributed by atoms with van der Waals surface area (Å²) in [6.07, 6.45) is 2.99. The van der Waals surface area contributed by atoms with Gasteiger partial charge in [0.25, 0.3) is 0 Å². The third kappa shape index (κ3) is 8.93. The van der Waals surface area contributed by atoms with Crippen molar-refractivity contribution >= 4 is 11.9 Å². The number of allylic oxidation sites excluding steroid dienone is 1. The summed E-state index contributed by atoms with van der Waals surface area (Å²) in [5.41, 5.74) is 1.05. The molecule has 1 amide bonds. The number of carbonyl (C=O) groups is 2. The summed E-state index contributed by atoms with van der Waals surface area (Å²) in [6, 6.07) is 19.0. The van der Waals surface area contributed by atoms with E-state index in [-0.39, 0.29) is 11.7 Å². The van der Waals surface area contributed by atoms with Gasteiger partial charge in [-0.2, -0.15) is 0 Å². The number of nitrogens with zero attached hydrogens (tertiary/aromatic N) is 1. The van der Waals surface area contributed by atoms with Crippen molar-refractivity contribution in [2.75, 3.05) is 0 Å². The number of imidazole rings is 1. The van der Waals surface area contributed by atoms with Crippen LogP contribution in [0.2, 0.25) is 0 Å². The lowest BCUT2D eigenvalue weighted by atomic mass is 9.87. The molecule has 0 spiro atoms. The number of amides is 1. The topological polar surface area (TPSA) is 104 Å². The summed E-state index contributed by atoms with van der Waals surface area (Å²) < 4.78 is 5.49. The molecule has 7 nitrogen and oxygen atoms in total. The number of carbonyl (C=O) groups excluding carboxylic acids is 2. The number of nitrogens with one attached hydrogen (secondary N) is 2. The Kier molecular flexibility index (Phi) is 9.86. The Labute approximate surface area is 231 Å². The number of aliphatic hydroxyl groups is 1. The summed E-state index contributed by atoms with van der Waals surface area (Å²) in [4.78, 5) is 33.5. The molecule has 7 heteroatoms. The van der Waals surface area contributed by atoms with Crippen LogP contribution in [-0.2, 0) is 17.6 Å². The predicted octanol–water partition coefficient (Wildman–Crippen LogP) is 6.02. The quantitative estimate of drug-likeness (QED) is 0.196. The molecule has 1 heterocycles. The van der Waals surface area contributed by atoms with Gasteiger partial charge in [-0.05, 0) is 65.0 Å². The lowest BCUT2D eigenvalue weighted by Gasteiger charge is -2.29. The van der Waals surface area contributed by atoms with Crippen molar-refractivity contribution in [3.05, 3.63) is 102 Å². The number of benzene rings is 2. The van der Waals surface area contributed by atoms with Crippen LogP contribution in [0.5, 0.6) is 0 Å². The van der Waals surface area contributed by atoms with Crippen molar-refractivity contribution in [1.82, 2.24) is 15.3 Å². The van der Waals surface area contributed by atoms with E-state index in [0.29, 0.717) is 30.8 Å². The van der Waals surface area contributed by atoms with Gasteiger partial charge >= 0.3 is 6.09 Å². The minimum atomic E-state index is -0.916. The van der Waals surface area contributed by atoms with Crippen molar-refractivity contribution in [3.8, 4) is 0 Å². The molecule has 3 atom stereocenters. The second-order valence-electron chi connectivity index (χ2n) is 11.6. The summed E-state index contributed by atoms with van der Waals surface area (Å²) in [6.45, 7) is 12.8. The van der Waals surface area contributed by atoms with Gasteiger partial charge in [0.15, 0.2) is 5.78 Å². The van der Waals surface area contributed by atoms with Gasteiger partial charge in [-0.15, -0.1) is 6.58 Å². The highest BCUT2D eigenvalue weighted by molar-refractivity contribution is 5.99. The van der Waals surface area contributed by atoms with E-state index in [9.17, 15) is 14.7 Å². The molecule has 0 aliphatic heterocycles. The van der Waals surface area contributed by atoms with Gasteiger partial charge in [-0.3, -0.25) is 4.79 Å². The van der Waals surface area contributed by atoms with Crippen molar-refractivity contribution in [3.63, 3.8) is 0 Å². The Bertz CT molecular complexity index is 1230. The maximum Gasteiger partial charge on any atom is 0.407 e. The molecule has 0 bridgehead atoms. The Morgan fingerprint density at radius 3 is 2.10 bits per heavy atom. The Balaban J connectivity index is 1.88. The zero-order valence-corrected chi connectivity index (χ0v) is 23.6. The van der Waals surface area contributed by atoms with Crippen molar-refractivity contribution in [2.45, 2.75) is 77.5 Å². The normalized spacial score (nSPS) is 14.2. The summed E-state index contributed by atoms with van der Waals surface area (Å²) in [5.74, 6) is 0.259. The predicted molar refractivity (Wildman–Crippen MR) is 154 cm³/mol. The zero-order valence-electron chi connectivity index (χ0n) is 23.6. The smallest absolute Gasteiger partial charge is 0.407 e. The first-order chi connectivity index (χ1) is 18.4. The molecule has 208 valence electrons. The number of rotatable bonds is 12. The summed E-state index contributed by atoms with van der Waals surface area (Å²) in [7, 11) is 0. The van der Waals surface area contributed by atoms with E-state index < -0.39 is 29.3 Å². The Morgan fingerprint density at radius 2 is 1.56 bits per heavy atom. The van der Waals surface area contributed by atoms with Crippen LogP contribution >= 0.6 is 0 Å². The van der Waals surface area contributed by atoms with Gasteiger partial charge in [-0.25, -0.2) is 9.78 Å². The Morgan fingerprint density at radius 1 is 1.00 bits per heavy atom. The molecule has 3 N–H and O–H groups in total. The van der Waals surface area contributed by atoms with Crippen molar-refractivity contribution < 1.29 is 19.4 Å². The molecule has 3 aromatic rings. The van der Waals surface area contributed by atoms with Crippen LogP contribution < -0.4 is 5.32 Å². The Hall–Kier alpha value is -3.71. The van der Waals surface area contributed by atoms with Crippen LogP contribution in [0.3, 0.4) is 0 Å². The number of aromatic amines is 1. The number of hydrogen-bond acceptors (Lipinski definition) is 5. The van der Waals surface area contributed by atoms with E-state index in [1.807, 2.05) is 74.5 Å². The first-order valence-electron chi connectivity index (χ1n) is 13.4. The molecule has 0 aliphatic carbocycles. The maximum absolute atomic E-state index is 13.0. The van der Waals surface area contributed by atoms with E-state index in [4.69, 9.17) is 4.74 Å². The van der Waals surface area contributed by atoms with Gasteiger partial charge in [-0.1, -0.05) is 66.7 Å². The number of hydrogen-bond donors (Lipinski definition) is 3. The molecular formula is C32H41N3O4. The van der Waals surface area contributed by atoms with Gasteiger partial charge in [0, 0.05) is 11.3 Å². The molecule has 1 unspecified atom stereocenters. The monoisotopic (exact) mass is 531 g/mol. The fourth-order valence-corrected chi connectivity index (χ4v) is 4.36. The highest BCUT2D eigenvalue weighted by Crippen LogP contribution is 2.28. The van der Waals surface area contributed by atoms with Crippen molar-refractivity contribution in [2.24, 2.45) is 5.41 Å². The molecule has 39 heavy (non-hydrogen) atoms. The van der Waals surface area contributed by atoms with Crippen molar-refractivity contribution in [1.29, 1.82) is 0 Å². The average Bonchev–Trinajstić information content (AvgIpc) is 3.37. The largest absolute Gasteiger partial charge is 0.444 e. The lowest BCUT2D eigenvalue weighted by molar-refractivity contribution is 0.0404. The van der Waals surface area contributed by atoms with Crippen LogP contribution in [0, 0.1) is 5.41 Å². The first-order valence-corrected chi connectivity index (χ1v) is 13.4. The van der Waals surface area contributed by atoms with Crippen LogP contribution in [0.25, 0.3) is 0 Å². The number of Topliss-reactive ketones (excluding diaryl/α,β-unsaturated/α-hetero) is 1. The average molecular weight is 532 g/mol. The minimum Gasteiger partial charge on any atom is -0.444 e. The number of H-pyrrole nitrogens is 1. The van der Waals surface area contributed by atoms with E-state index in [2.05, 4.69) is 21.9 Å². The lowest BCUT2D eigenvalue weighted by Crippen LogP contribution is -2.47. The second-order valence-corrected chi connectivity index (χ2v) is 11.6. The molecule has 0 saturated carbocycles. The third-order valence-electron chi connectivity index (χ3n) is 6.64. The molecule has 0 saturated heterocycles. The standard InChI is InChI=1S/C32H41N3O4/c1-7-32(5,6)28(37)26-21-33-29(34-26)24(18-22-14-10-8-11-15-22)20-27(36)25(19-23-16-12-9-13-17-23)35-30(38)39-31(2,3)4/h7-17,21,24-25,27,36H,1,18-20H2,2-6H3,(H,33,34)(H,35,38)/t24-,25?,27+/m1/s1.